The quantitative estimate of drug-likeness (QED) is 0.794. The zero-order chi connectivity index (χ0) is 17.7. The van der Waals surface area contributed by atoms with Crippen LogP contribution in [0.3, 0.4) is 0 Å². The van der Waals surface area contributed by atoms with Crippen molar-refractivity contribution in [2.45, 2.75) is 20.4 Å². The number of amides is 2. The lowest BCUT2D eigenvalue weighted by atomic mass is 9.91. The van der Waals surface area contributed by atoms with Crippen LogP contribution < -0.4 is 10.6 Å². The van der Waals surface area contributed by atoms with E-state index in [4.69, 9.17) is 23.2 Å². The lowest BCUT2D eigenvalue weighted by molar-refractivity contribution is -0.138. The molecule has 24 heavy (non-hydrogen) atoms. The minimum atomic E-state index is -1.27. The highest BCUT2D eigenvalue weighted by Gasteiger charge is 2.36. The summed E-state index contributed by atoms with van der Waals surface area (Å²) in [6.45, 7) is 3.42. The predicted molar refractivity (Wildman–Crippen MR) is 95.0 cm³/mol. The molecule has 0 saturated heterocycles. The molecular weight excluding hydrogens is 349 g/mol. The Balaban J connectivity index is 2.02. The molecule has 126 valence electrons. The molecule has 0 saturated carbocycles. The summed E-state index contributed by atoms with van der Waals surface area (Å²) in [5.41, 5.74) is 0.0343. The van der Waals surface area contributed by atoms with Crippen molar-refractivity contribution in [3.8, 4) is 0 Å². The van der Waals surface area contributed by atoms with Gasteiger partial charge in [0.15, 0.2) is 0 Å². The van der Waals surface area contributed by atoms with E-state index >= 15 is 0 Å². The molecule has 1 aromatic carbocycles. The van der Waals surface area contributed by atoms with Crippen molar-refractivity contribution in [3.05, 3.63) is 58.3 Å². The molecule has 0 fully saturated rings. The summed E-state index contributed by atoms with van der Waals surface area (Å²) >= 11 is 11.9. The van der Waals surface area contributed by atoms with Crippen molar-refractivity contribution in [2.24, 2.45) is 5.41 Å². The number of carbonyl (C=O) groups is 2. The van der Waals surface area contributed by atoms with Crippen LogP contribution in [0.1, 0.15) is 19.4 Å². The van der Waals surface area contributed by atoms with E-state index in [9.17, 15) is 9.59 Å². The van der Waals surface area contributed by atoms with Gasteiger partial charge in [0.25, 0.3) is 0 Å². The number of nitrogens with one attached hydrogen (secondary N) is 2. The lowest BCUT2D eigenvalue weighted by Gasteiger charge is -2.23. The van der Waals surface area contributed by atoms with Gasteiger partial charge in [-0.3, -0.25) is 14.6 Å². The fourth-order valence-electron chi connectivity index (χ4n) is 1.88. The molecule has 2 N–H and O–H groups in total. The third-order valence-electron chi connectivity index (χ3n) is 3.52. The molecule has 2 rings (SSSR count). The summed E-state index contributed by atoms with van der Waals surface area (Å²) < 4.78 is 0. The Morgan fingerprint density at radius 1 is 1.08 bits per heavy atom. The van der Waals surface area contributed by atoms with Crippen LogP contribution in [0.5, 0.6) is 0 Å². The normalized spacial score (nSPS) is 11.0. The van der Waals surface area contributed by atoms with Crippen molar-refractivity contribution in [1.82, 2.24) is 10.3 Å². The van der Waals surface area contributed by atoms with Crippen LogP contribution in [-0.2, 0) is 16.1 Å². The van der Waals surface area contributed by atoms with E-state index in [1.165, 1.54) is 6.07 Å². The molecule has 0 radical (unpaired) electrons. The number of hydrogen-bond acceptors (Lipinski definition) is 3. The van der Waals surface area contributed by atoms with Gasteiger partial charge < -0.3 is 10.6 Å². The van der Waals surface area contributed by atoms with Crippen molar-refractivity contribution in [3.63, 3.8) is 0 Å². The molecule has 0 atom stereocenters. The maximum Gasteiger partial charge on any atom is 0.239 e. The van der Waals surface area contributed by atoms with Gasteiger partial charge >= 0.3 is 0 Å². The summed E-state index contributed by atoms with van der Waals surface area (Å²) in [6, 6.07) is 8.31. The van der Waals surface area contributed by atoms with Crippen LogP contribution in [0.4, 0.5) is 5.69 Å². The van der Waals surface area contributed by atoms with Crippen LogP contribution in [0.15, 0.2) is 42.7 Å². The molecule has 1 aromatic heterocycles. The first-order valence-electron chi connectivity index (χ1n) is 7.24. The molecule has 0 unspecified atom stereocenters. The minimum Gasteiger partial charge on any atom is -0.351 e. The van der Waals surface area contributed by atoms with Crippen molar-refractivity contribution in [2.75, 3.05) is 5.32 Å². The summed E-state index contributed by atoms with van der Waals surface area (Å²) in [5.74, 6) is -0.846. The summed E-state index contributed by atoms with van der Waals surface area (Å²) in [6.07, 6.45) is 3.28. The standard InChI is InChI=1S/C17H17Cl2N3O2/c1-17(2,15(23)21-10-11-5-7-20-8-6-11)16(24)22-14-4-3-12(18)9-13(14)19/h3-9H,10H2,1-2H3,(H,21,23)(H,22,24). The van der Waals surface area contributed by atoms with E-state index in [0.717, 1.165) is 5.56 Å². The van der Waals surface area contributed by atoms with Crippen molar-refractivity contribution < 1.29 is 9.59 Å². The summed E-state index contributed by atoms with van der Waals surface area (Å²) in [7, 11) is 0. The lowest BCUT2D eigenvalue weighted by Crippen LogP contribution is -2.44. The molecule has 2 amide bonds. The SMILES string of the molecule is CC(C)(C(=O)NCc1ccncc1)C(=O)Nc1ccc(Cl)cc1Cl. The van der Waals surface area contributed by atoms with Gasteiger partial charge in [-0.2, -0.15) is 0 Å². The van der Waals surface area contributed by atoms with Crippen LogP contribution in [-0.4, -0.2) is 16.8 Å². The van der Waals surface area contributed by atoms with E-state index in [0.29, 0.717) is 22.3 Å². The zero-order valence-corrected chi connectivity index (χ0v) is 14.8. The fourth-order valence-corrected chi connectivity index (χ4v) is 2.33. The Morgan fingerprint density at radius 2 is 1.75 bits per heavy atom. The Morgan fingerprint density at radius 3 is 2.38 bits per heavy atom. The highest BCUT2D eigenvalue weighted by molar-refractivity contribution is 6.36. The Labute approximate surface area is 150 Å². The smallest absolute Gasteiger partial charge is 0.239 e. The highest BCUT2D eigenvalue weighted by atomic mass is 35.5. The van der Waals surface area contributed by atoms with Crippen molar-refractivity contribution in [1.29, 1.82) is 0 Å². The predicted octanol–water partition coefficient (Wildman–Crippen LogP) is 3.67. The van der Waals surface area contributed by atoms with Gasteiger partial charge in [-0.15, -0.1) is 0 Å². The van der Waals surface area contributed by atoms with Crippen LogP contribution >= 0.6 is 23.2 Å². The number of hydrogen-bond donors (Lipinski definition) is 2. The van der Waals surface area contributed by atoms with Gasteiger partial charge in [0.05, 0.1) is 10.7 Å². The van der Waals surface area contributed by atoms with E-state index < -0.39 is 11.3 Å². The number of anilines is 1. The number of rotatable bonds is 5. The Hall–Kier alpha value is -2.11. The zero-order valence-electron chi connectivity index (χ0n) is 13.3. The van der Waals surface area contributed by atoms with Crippen LogP contribution in [0, 0.1) is 5.41 Å². The van der Waals surface area contributed by atoms with E-state index in [1.807, 2.05) is 0 Å². The summed E-state index contributed by atoms with van der Waals surface area (Å²) in [4.78, 5) is 28.7. The van der Waals surface area contributed by atoms with Gasteiger partial charge in [0, 0.05) is 24.0 Å². The number of pyridine rings is 1. The molecular formula is C17H17Cl2N3O2. The van der Waals surface area contributed by atoms with Crippen LogP contribution in [0.25, 0.3) is 0 Å². The number of halogens is 2. The Kier molecular flexibility index (Phi) is 5.80. The fraction of sp³-hybridized carbons (Fsp3) is 0.235. The second-order valence-corrected chi connectivity index (χ2v) is 6.59. The van der Waals surface area contributed by atoms with Gasteiger partial charge in [0.2, 0.25) is 11.8 Å². The molecule has 5 nitrogen and oxygen atoms in total. The number of nitrogens with zero attached hydrogens (tertiary/aromatic N) is 1. The minimum absolute atomic E-state index is 0.309. The van der Waals surface area contributed by atoms with Gasteiger partial charge in [0.1, 0.15) is 5.41 Å². The molecule has 0 aliphatic carbocycles. The van der Waals surface area contributed by atoms with Gasteiger partial charge in [-0.25, -0.2) is 0 Å². The van der Waals surface area contributed by atoms with Crippen LogP contribution in [0.2, 0.25) is 10.0 Å². The first-order chi connectivity index (χ1) is 11.3. The van der Waals surface area contributed by atoms with Gasteiger partial charge in [-0.1, -0.05) is 23.2 Å². The summed E-state index contributed by atoms with van der Waals surface area (Å²) in [5, 5.41) is 6.18. The van der Waals surface area contributed by atoms with Gasteiger partial charge in [-0.05, 0) is 49.7 Å². The molecule has 0 aliphatic rings. The maximum atomic E-state index is 12.5. The average Bonchev–Trinajstić information content (AvgIpc) is 2.55. The molecule has 0 bridgehead atoms. The largest absolute Gasteiger partial charge is 0.351 e. The van der Waals surface area contributed by atoms with E-state index in [2.05, 4.69) is 15.6 Å². The monoisotopic (exact) mass is 365 g/mol. The molecule has 2 aromatic rings. The first-order valence-corrected chi connectivity index (χ1v) is 8.00. The van der Waals surface area contributed by atoms with E-state index in [-0.39, 0.29) is 5.91 Å². The first kappa shape index (κ1) is 18.2. The number of carbonyl (C=O) groups excluding carboxylic acids is 2. The maximum absolute atomic E-state index is 12.5. The second-order valence-electron chi connectivity index (χ2n) is 5.74. The molecule has 1 heterocycles. The highest BCUT2D eigenvalue weighted by Crippen LogP contribution is 2.27. The molecule has 0 aliphatic heterocycles. The number of aromatic nitrogens is 1. The third kappa shape index (κ3) is 4.46. The third-order valence-corrected chi connectivity index (χ3v) is 4.06. The van der Waals surface area contributed by atoms with E-state index in [1.54, 1.807) is 50.5 Å². The second kappa shape index (κ2) is 7.64. The molecule has 0 spiro atoms. The molecule has 7 heteroatoms. The number of benzene rings is 1. The Bertz CT molecular complexity index is 749. The topological polar surface area (TPSA) is 71.1 Å². The average molecular weight is 366 g/mol. The van der Waals surface area contributed by atoms with Crippen molar-refractivity contribution >= 4 is 40.7 Å².